The Hall–Kier alpha value is -3.04. The Bertz CT molecular complexity index is 1100. The van der Waals surface area contributed by atoms with Gasteiger partial charge < -0.3 is 9.30 Å². The van der Waals surface area contributed by atoms with Gasteiger partial charge in [-0.1, -0.05) is 54.1 Å². The molecule has 4 aromatic rings. The maximum Gasteiger partial charge on any atom is 0.134 e. The number of halogens is 1. The minimum absolute atomic E-state index is 0.712. The molecule has 1 aromatic heterocycles. The molecule has 4 heteroatoms. The van der Waals surface area contributed by atoms with Crippen LogP contribution in [0.5, 0.6) is 5.75 Å². The van der Waals surface area contributed by atoms with Crippen LogP contribution < -0.4 is 4.74 Å². The summed E-state index contributed by atoms with van der Waals surface area (Å²) in [7, 11) is 1.67. The van der Waals surface area contributed by atoms with Crippen LogP contribution in [0.3, 0.4) is 0 Å². The summed E-state index contributed by atoms with van der Waals surface area (Å²) < 4.78 is 7.42. The van der Waals surface area contributed by atoms with Gasteiger partial charge in [0.15, 0.2) is 0 Å². The fourth-order valence-corrected chi connectivity index (χ4v) is 3.30. The van der Waals surface area contributed by atoms with Crippen LogP contribution in [-0.4, -0.2) is 16.7 Å². The molecule has 0 N–H and O–H groups in total. The Morgan fingerprint density at radius 3 is 2.56 bits per heavy atom. The summed E-state index contributed by atoms with van der Waals surface area (Å²) >= 11 is 6.16. The van der Waals surface area contributed by atoms with Gasteiger partial charge in [-0.3, -0.25) is 0 Å². The standard InChI is InChI=1S/C23H19ClN2O/c1-27-20-12-9-17(10-13-20)11-14-23-25-21-7-2-3-8-22(21)26(23)16-18-5-4-6-19(24)15-18/h2-15H,16H2,1H3/b14-11+. The van der Waals surface area contributed by atoms with E-state index in [1.165, 1.54) is 0 Å². The third-order valence-corrected chi connectivity index (χ3v) is 4.69. The molecule has 0 aliphatic rings. The van der Waals surface area contributed by atoms with Crippen molar-refractivity contribution in [3.05, 3.63) is 94.8 Å². The monoisotopic (exact) mass is 374 g/mol. The molecule has 3 nitrogen and oxygen atoms in total. The van der Waals surface area contributed by atoms with Crippen molar-refractivity contribution >= 4 is 34.8 Å². The van der Waals surface area contributed by atoms with E-state index in [1.807, 2.05) is 66.7 Å². The first-order valence-corrected chi connectivity index (χ1v) is 9.12. The average Bonchev–Trinajstić information content (AvgIpc) is 3.04. The SMILES string of the molecule is COc1ccc(/C=C/c2nc3ccccc3n2Cc2cccc(Cl)c2)cc1. The zero-order valence-corrected chi connectivity index (χ0v) is 15.7. The van der Waals surface area contributed by atoms with Gasteiger partial charge in [0.05, 0.1) is 18.1 Å². The van der Waals surface area contributed by atoms with E-state index in [4.69, 9.17) is 21.3 Å². The minimum Gasteiger partial charge on any atom is -0.497 e. The third kappa shape index (κ3) is 3.88. The first kappa shape index (κ1) is 17.4. The molecule has 27 heavy (non-hydrogen) atoms. The van der Waals surface area contributed by atoms with Crippen LogP contribution in [0.25, 0.3) is 23.2 Å². The van der Waals surface area contributed by atoms with Gasteiger partial charge in [0, 0.05) is 11.6 Å². The van der Waals surface area contributed by atoms with Crippen molar-refractivity contribution in [3.63, 3.8) is 0 Å². The summed E-state index contributed by atoms with van der Waals surface area (Å²) in [5.74, 6) is 1.76. The lowest BCUT2D eigenvalue weighted by Crippen LogP contribution is -2.02. The molecule has 0 amide bonds. The van der Waals surface area contributed by atoms with Crippen LogP contribution in [0.15, 0.2) is 72.8 Å². The Morgan fingerprint density at radius 2 is 1.78 bits per heavy atom. The number of aromatic nitrogens is 2. The third-order valence-electron chi connectivity index (χ3n) is 4.45. The largest absolute Gasteiger partial charge is 0.497 e. The summed E-state index contributed by atoms with van der Waals surface area (Å²) in [4.78, 5) is 4.80. The second-order valence-corrected chi connectivity index (χ2v) is 6.72. The van der Waals surface area contributed by atoms with Crippen molar-refractivity contribution in [2.75, 3.05) is 7.11 Å². The molecular formula is C23H19ClN2O. The highest BCUT2D eigenvalue weighted by molar-refractivity contribution is 6.30. The lowest BCUT2D eigenvalue weighted by atomic mass is 10.2. The number of para-hydroxylation sites is 2. The predicted molar refractivity (Wildman–Crippen MR) is 112 cm³/mol. The number of nitrogens with zero attached hydrogens (tertiary/aromatic N) is 2. The summed E-state index contributed by atoms with van der Waals surface area (Å²) in [5, 5.41) is 0.743. The molecule has 0 saturated carbocycles. The molecule has 0 aliphatic carbocycles. The molecule has 0 saturated heterocycles. The molecule has 4 rings (SSSR count). The lowest BCUT2D eigenvalue weighted by Gasteiger charge is -2.08. The van der Waals surface area contributed by atoms with Gasteiger partial charge in [0.25, 0.3) is 0 Å². The van der Waals surface area contributed by atoms with E-state index >= 15 is 0 Å². The van der Waals surface area contributed by atoms with Crippen molar-refractivity contribution < 1.29 is 4.74 Å². The molecule has 0 bridgehead atoms. The van der Waals surface area contributed by atoms with Crippen LogP contribution in [0.2, 0.25) is 5.02 Å². The fourth-order valence-electron chi connectivity index (χ4n) is 3.09. The Kier molecular flexibility index (Phi) is 4.95. The van der Waals surface area contributed by atoms with Gasteiger partial charge in [-0.2, -0.15) is 0 Å². The highest BCUT2D eigenvalue weighted by atomic mass is 35.5. The number of ether oxygens (including phenoxy) is 1. The van der Waals surface area contributed by atoms with Crippen molar-refractivity contribution in [3.8, 4) is 5.75 Å². The smallest absolute Gasteiger partial charge is 0.134 e. The first-order valence-electron chi connectivity index (χ1n) is 8.75. The summed E-state index contributed by atoms with van der Waals surface area (Å²) in [6, 6.07) is 24.1. The minimum atomic E-state index is 0.712. The van der Waals surface area contributed by atoms with Gasteiger partial charge in [-0.25, -0.2) is 4.98 Å². The molecule has 0 spiro atoms. The number of benzene rings is 3. The zero-order valence-electron chi connectivity index (χ0n) is 15.0. The molecular weight excluding hydrogens is 356 g/mol. The Morgan fingerprint density at radius 1 is 0.963 bits per heavy atom. The molecule has 1 heterocycles. The van der Waals surface area contributed by atoms with Crippen molar-refractivity contribution in [1.82, 2.24) is 9.55 Å². The van der Waals surface area contributed by atoms with E-state index in [1.54, 1.807) is 7.11 Å². The van der Waals surface area contributed by atoms with Crippen molar-refractivity contribution in [2.45, 2.75) is 6.54 Å². The topological polar surface area (TPSA) is 27.1 Å². The van der Waals surface area contributed by atoms with Crippen molar-refractivity contribution in [1.29, 1.82) is 0 Å². The summed E-state index contributed by atoms with van der Waals surface area (Å²) in [5.41, 5.74) is 4.32. The van der Waals surface area contributed by atoms with Crippen LogP contribution in [0.1, 0.15) is 17.0 Å². The number of methoxy groups -OCH3 is 1. The van der Waals surface area contributed by atoms with E-state index in [9.17, 15) is 0 Å². The second-order valence-electron chi connectivity index (χ2n) is 6.28. The van der Waals surface area contributed by atoms with Crippen LogP contribution in [0, 0.1) is 0 Å². The van der Waals surface area contributed by atoms with E-state index in [-0.39, 0.29) is 0 Å². The lowest BCUT2D eigenvalue weighted by molar-refractivity contribution is 0.415. The highest BCUT2D eigenvalue weighted by Crippen LogP contribution is 2.21. The van der Waals surface area contributed by atoms with Gasteiger partial charge in [-0.15, -0.1) is 0 Å². The van der Waals surface area contributed by atoms with Crippen LogP contribution in [0.4, 0.5) is 0 Å². The molecule has 0 atom stereocenters. The number of rotatable bonds is 5. The normalized spacial score (nSPS) is 11.3. The maximum atomic E-state index is 6.16. The first-order chi connectivity index (χ1) is 13.2. The van der Waals surface area contributed by atoms with Gasteiger partial charge in [0.1, 0.15) is 11.6 Å². The zero-order chi connectivity index (χ0) is 18.6. The molecule has 3 aromatic carbocycles. The maximum absolute atomic E-state index is 6.16. The van der Waals surface area contributed by atoms with Crippen LogP contribution >= 0.6 is 11.6 Å². The van der Waals surface area contributed by atoms with Gasteiger partial charge >= 0.3 is 0 Å². The fraction of sp³-hybridized carbons (Fsp3) is 0.0870. The summed E-state index contributed by atoms with van der Waals surface area (Å²) in [6.45, 7) is 0.712. The van der Waals surface area contributed by atoms with Gasteiger partial charge in [0.2, 0.25) is 0 Å². The second kappa shape index (κ2) is 7.68. The molecule has 134 valence electrons. The highest BCUT2D eigenvalue weighted by Gasteiger charge is 2.09. The molecule has 0 unspecified atom stereocenters. The van der Waals surface area contributed by atoms with E-state index in [0.29, 0.717) is 6.54 Å². The van der Waals surface area contributed by atoms with Crippen molar-refractivity contribution in [2.24, 2.45) is 0 Å². The van der Waals surface area contributed by atoms with E-state index in [0.717, 1.165) is 38.8 Å². The average molecular weight is 375 g/mol. The quantitative estimate of drug-likeness (QED) is 0.433. The Labute approximate surface area is 163 Å². The summed E-state index contributed by atoms with van der Waals surface area (Å²) in [6.07, 6.45) is 4.11. The number of hydrogen-bond donors (Lipinski definition) is 0. The van der Waals surface area contributed by atoms with E-state index in [2.05, 4.69) is 22.8 Å². The Balaban J connectivity index is 1.71. The van der Waals surface area contributed by atoms with Crippen LogP contribution in [-0.2, 0) is 6.54 Å². The predicted octanol–water partition coefficient (Wildman–Crippen LogP) is 5.92. The molecule has 0 fully saturated rings. The number of imidazole rings is 1. The van der Waals surface area contributed by atoms with Gasteiger partial charge in [-0.05, 0) is 53.6 Å². The number of fused-ring (bicyclic) bond motifs is 1. The number of hydrogen-bond acceptors (Lipinski definition) is 2. The molecule has 0 aliphatic heterocycles. The van der Waals surface area contributed by atoms with E-state index < -0.39 is 0 Å². The molecule has 0 radical (unpaired) electrons.